The molecule has 0 radical (unpaired) electrons. The van der Waals surface area contributed by atoms with E-state index >= 15 is 0 Å². The Balaban J connectivity index is 1.13. The summed E-state index contributed by atoms with van der Waals surface area (Å²) >= 11 is 0. The Morgan fingerprint density at radius 1 is 0.292 bits per heavy atom. The summed E-state index contributed by atoms with van der Waals surface area (Å²) in [7, 11) is 0. The summed E-state index contributed by atoms with van der Waals surface area (Å²) in [4.78, 5) is 2.43. The molecule has 65 heavy (non-hydrogen) atoms. The van der Waals surface area contributed by atoms with Crippen LogP contribution in [0.1, 0.15) is 52.7 Å². The molecule has 0 aromatic heterocycles. The van der Waals surface area contributed by atoms with Crippen molar-refractivity contribution in [3.05, 3.63) is 236 Å². The number of fused-ring (bicyclic) bond motifs is 2. The molecule has 10 aromatic rings. The largest absolute Gasteiger partial charge is 0.310 e. The standard InChI is InChI=1S/C64H55N/c1-63(2,3)52-41-51(42-53(43-52)64(4,5)6)58-26-15-21-50-22-16-27-60(62(50)58)59-24-12-13-28-61(59)65(55-39-35-49(36-40-55)57-25-14-20-48-19-10-11-23-56(48)57)54-37-33-47(34-38-54)46-31-29-45(30-32-46)44-17-8-7-9-18-44/h7-43H,1-6H3. The second kappa shape index (κ2) is 16.9. The number of rotatable bonds is 8. The number of hydrogen-bond donors (Lipinski definition) is 0. The molecule has 0 bridgehead atoms. The van der Waals surface area contributed by atoms with Crippen molar-refractivity contribution in [3.8, 4) is 55.6 Å². The Morgan fingerprint density at radius 3 is 1.32 bits per heavy atom. The van der Waals surface area contributed by atoms with Gasteiger partial charge in [0.1, 0.15) is 0 Å². The Labute approximate surface area is 385 Å². The lowest BCUT2D eigenvalue weighted by Crippen LogP contribution is -2.16. The lowest BCUT2D eigenvalue weighted by molar-refractivity contribution is 0.569. The van der Waals surface area contributed by atoms with Gasteiger partial charge in [0.15, 0.2) is 0 Å². The minimum atomic E-state index is 0.000839. The molecule has 0 heterocycles. The summed E-state index contributed by atoms with van der Waals surface area (Å²) in [5.74, 6) is 0. The zero-order chi connectivity index (χ0) is 44.7. The van der Waals surface area contributed by atoms with Crippen molar-refractivity contribution in [2.24, 2.45) is 0 Å². The molecule has 316 valence electrons. The molecule has 0 aliphatic heterocycles. The van der Waals surface area contributed by atoms with Crippen molar-refractivity contribution in [1.29, 1.82) is 0 Å². The number of anilines is 3. The van der Waals surface area contributed by atoms with Crippen molar-refractivity contribution in [2.75, 3.05) is 4.90 Å². The third-order valence-electron chi connectivity index (χ3n) is 13.0. The smallest absolute Gasteiger partial charge is 0.0540 e. The second-order valence-corrected chi connectivity index (χ2v) is 19.4. The number of hydrogen-bond acceptors (Lipinski definition) is 1. The zero-order valence-corrected chi connectivity index (χ0v) is 38.3. The molecular weight excluding hydrogens is 783 g/mol. The molecule has 0 aliphatic rings. The van der Waals surface area contributed by atoms with Crippen LogP contribution in [0.5, 0.6) is 0 Å². The molecule has 10 aromatic carbocycles. The molecule has 0 N–H and O–H groups in total. The topological polar surface area (TPSA) is 3.24 Å². The molecule has 1 heteroatoms. The van der Waals surface area contributed by atoms with Crippen molar-refractivity contribution in [3.63, 3.8) is 0 Å². The quantitative estimate of drug-likeness (QED) is 0.147. The third-order valence-corrected chi connectivity index (χ3v) is 13.0. The fraction of sp³-hybridized carbons (Fsp3) is 0.125. The molecule has 0 spiro atoms. The highest BCUT2D eigenvalue weighted by atomic mass is 15.1. The third kappa shape index (κ3) is 8.27. The van der Waals surface area contributed by atoms with E-state index in [1.807, 2.05) is 0 Å². The van der Waals surface area contributed by atoms with E-state index in [2.05, 4.69) is 271 Å². The van der Waals surface area contributed by atoms with Crippen molar-refractivity contribution >= 4 is 38.6 Å². The van der Waals surface area contributed by atoms with Crippen molar-refractivity contribution < 1.29 is 0 Å². The number of benzene rings is 10. The lowest BCUT2D eigenvalue weighted by Gasteiger charge is -2.29. The molecule has 0 amide bonds. The predicted molar refractivity (Wildman–Crippen MR) is 281 cm³/mol. The summed E-state index contributed by atoms with van der Waals surface area (Å²) < 4.78 is 0. The van der Waals surface area contributed by atoms with Crippen LogP contribution in [0.4, 0.5) is 17.1 Å². The Kier molecular flexibility index (Phi) is 10.8. The van der Waals surface area contributed by atoms with E-state index in [1.54, 1.807) is 0 Å². The van der Waals surface area contributed by atoms with Gasteiger partial charge in [-0.2, -0.15) is 0 Å². The Hall–Kier alpha value is -7.48. The van der Waals surface area contributed by atoms with E-state index in [4.69, 9.17) is 0 Å². The highest BCUT2D eigenvalue weighted by Gasteiger charge is 2.24. The van der Waals surface area contributed by atoms with E-state index in [0.29, 0.717) is 0 Å². The highest BCUT2D eigenvalue weighted by Crippen LogP contribution is 2.46. The maximum atomic E-state index is 2.43. The molecule has 0 fully saturated rings. The fourth-order valence-corrected chi connectivity index (χ4v) is 9.33. The first kappa shape index (κ1) is 41.5. The highest BCUT2D eigenvalue weighted by molar-refractivity contribution is 6.09. The van der Waals surface area contributed by atoms with Gasteiger partial charge in [-0.25, -0.2) is 0 Å². The maximum Gasteiger partial charge on any atom is 0.0540 e. The van der Waals surface area contributed by atoms with E-state index in [-0.39, 0.29) is 10.8 Å². The predicted octanol–water partition coefficient (Wildman–Crippen LogP) is 18.4. The average Bonchev–Trinajstić information content (AvgIpc) is 3.34. The minimum absolute atomic E-state index is 0.000839. The van der Waals surface area contributed by atoms with Crippen LogP contribution in [0, 0.1) is 0 Å². The minimum Gasteiger partial charge on any atom is -0.310 e. The molecule has 10 rings (SSSR count). The van der Waals surface area contributed by atoms with E-state index in [9.17, 15) is 0 Å². The van der Waals surface area contributed by atoms with Gasteiger partial charge in [-0.15, -0.1) is 0 Å². The van der Waals surface area contributed by atoms with Gasteiger partial charge in [0.25, 0.3) is 0 Å². The first-order chi connectivity index (χ1) is 31.5. The summed E-state index contributed by atoms with van der Waals surface area (Å²) in [5.41, 5.74) is 18.1. The van der Waals surface area contributed by atoms with Gasteiger partial charge in [0.2, 0.25) is 0 Å². The fourth-order valence-electron chi connectivity index (χ4n) is 9.33. The van der Waals surface area contributed by atoms with Crippen LogP contribution in [-0.4, -0.2) is 0 Å². The van der Waals surface area contributed by atoms with Crippen molar-refractivity contribution in [2.45, 2.75) is 52.4 Å². The average molecular weight is 838 g/mol. The molecule has 0 unspecified atom stereocenters. The van der Waals surface area contributed by atoms with Crippen LogP contribution >= 0.6 is 0 Å². The zero-order valence-electron chi connectivity index (χ0n) is 38.3. The van der Waals surface area contributed by atoms with Crippen LogP contribution in [0.3, 0.4) is 0 Å². The number of para-hydroxylation sites is 1. The van der Waals surface area contributed by atoms with E-state index < -0.39 is 0 Å². The van der Waals surface area contributed by atoms with E-state index in [1.165, 1.54) is 88.3 Å². The monoisotopic (exact) mass is 837 g/mol. The normalized spacial score (nSPS) is 11.8. The first-order valence-electron chi connectivity index (χ1n) is 22.9. The van der Waals surface area contributed by atoms with Crippen molar-refractivity contribution in [1.82, 2.24) is 0 Å². The van der Waals surface area contributed by atoms with Gasteiger partial charge in [-0.1, -0.05) is 236 Å². The van der Waals surface area contributed by atoms with E-state index in [0.717, 1.165) is 17.1 Å². The lowest BCUT2D eigenvalue weighted by atomic mass is 9.78. The van der Waals surface area contributed by atoms with Crippen LogP contribution in [0.2, 0.25) is 0 Å². The molecule has 0 atom stereocenters. The summed E-state index contributed by atoms with van der Waals surface area (Å²) in [5, 5.41) is 4.98. The molecule has 1 nitrogen and oxygen atoms in total. The van der Waals surface area contributed by atoms with Gasteiger partial charge < -0.3 is 4.90 Å². The Morgan fingerprint density at radius 2 is 0.723 bits per heavy atom. The second-order valence-electron chi connectivity index (χ2n) is 19.4. The first-order valence-corrected chi connectivity index (χ1v) is 22.9. The van der Waals surface area contributed by atoms with Gasteiger partial charge in [0, 0.05) is 16.9 Å². The summed E-state index contributed by atoms with van der Waals surface area (Å²) in [6, 6.07) is 82.7. The molecule has 0 aliphatic carbocycles. The maximum absolute atomic E-state index is 2.43. The molecule has 0 saturated carbocycles. The van der Waals surface area contributed by atoms with Crippen LogP contribution in [0.15, 0.2) is 224 Å². The van der Waals surface area contributed by atoms with Gasteiger partial charge in [-0.3, -0.25) is 0 Å². The van der Waals surface area contributed by atoms with Gasteiger partial charge in [-0.05, 0) is 124 Å². The van der Waals surface area contributed by atoms with Crippen LogP contribution < -0.4 is 4.90 Å². The van der Waals surface area contributed by atoms with Crippen LogP contribution in [0.25, 0.3) is 77.2 Å². The summed E-state index contributed by atoms with van der Waals surface area (Å²) in [6.45, 7) is 13.9. The Bertz CT molecular complexity index is 3250. The molecular formula is C64H55N. The van der Waals surface area contributed by atoms with Crippen LogP contribution in [-0.2, 0) is 10.8 Å². The van der Waals surface area contributed by atoms with Gasteiger partial charge in [0.05, 0.1) is 5.69 Å². The number of nitrogens with zero attached hydrogens (tertiary/aromatic N) is 1. The summed E-state index contributed by atoms with van der Waals surface area (Å²) in [6.07, 6.45) is 0. The van der Waals surface area contributed by atoms with Gasteiger partial charge >= 0.3 is 0 Å². The SMILES string of the molecule is CC(C)(C)c1cc(-c2cccc3cccc(-c4ccccc4N(c4ccc(-c5ccc(-c6ccccc6)cc5)cc4)c4ccc(-c5cccc6ccccc56)cc4)c23)cc(C(C)(C)C)c1. The molecule has 0 saturated heterocycles.